The van der Waals surface area contributed by atoms with Crippen LogP contribution >= 0.6 is 0 Å². The predicted octanol–water partition coefficient (Wildman–Crippen LogP) is 2.12. The Labute approximate surface area is 234 Å². The zero-order valence-electron chi connectivity index (χ0n) is 23.2. The normalized spacial score (nSPS) is 26.6. The van der Waals surface area contributed by atoms with E-state index in [1.165, 1.54) is 0 Å². The summed E-state index contributed by atoms with van der Waals surface area (Å²) in [6.07, 6.45) is 2.87. The van der Waals surface area contributed by atoms with Crippen molar-refractivity contribution in [3.63, 3.8) is 0 Å². The van der Waals surface area contributed by atoms with Crippen LogP contribution in [-0.4, -0.2) is 67.9 Å². The molecule has 0 bridgehead atoms. The molecule has 0 spiro atoms. The van der Waals surface area contributed by atoms with Gasteiger partial charge in [-0.1, -0.05) is 6.08 Å². The molecule has 1 aromatic heterocycles. The summed E-state index contributed by atoms with van der Waals surface area (Å²) >= 11 is 0. The molecule has 40 heavy (non-hydrogen) atoms. The molecule has 2 amide bonds. The van der Waals surface area contributed by atoms with Gasteiger partial charge in [-0.25, -0.2) is 13.4 Å². The van der Waals surface area contributed by atoms with Gasteiger partial charge in [0.25, 0.3) is 5.91 Å². The molecule has 2 aliphatic carbocycles. The Kier molecular flexibility index (Phi) is 7.20. The van der Waals surface area contributed by atoms with Gasteiger partial charge in [-0.15, -0.1) is 6.58 Å². The van der Waals surface area contributed by atoms with Gasteiger partial charge in [-0.05, 0) is 52.2 Å². The van der Waals surface area contributed by atoms with E-state index in [0.29, 0.717) is 61.7 Å². The average Bonchev–Trinajstić information content (AvgIpc) is 3.79. The zero-order valence-corrected chi connectivity index (χ0v) is 24.0. The first kappa shape index (κ1) is 28.2. The highest BCUT2D eigenvalue weighted by atomic mass is 32.2. The number of nitrogens with one attached hydrogen (secondary N) is 3. The number of ether oxygens (including phenoxy) is 3. The number of fused-ring (bicyclic) bond motifs is 1. The summed E-state index contributed by atoms with van der Waals surface area (Å²) in [5.74, 6) is 0.239. The highest BCUT2D eigenvalue weighted by molar-refractivity contribution is 7.91. The summed E-state index contributed by atoms with van der Waals surface area (Å²) in [5, 5.41) is 6.78. The Morgan fingerprint density at radius 3 is 2.65 bits per heavy atom. The zero-order chi connectivity index (χ0) is 28.9. The van der Waals surface area contributed by atoms with Gasteiger partial charge in [0.1, 0.15) is 23.1 Å². The number of sulfonamides is 1. The van der Waals surface area contributed by atoms with E-state index in [-0.39, 0.29) is 12.0 Å². The largest absolute Gasteiger partial charge is 0.496 e. The van der Waals surface area contributed by atoms with Crippen LogP contribution in [0.3, 0.4) is 0 Å². The maximum absolute atomic E-state index is 13.3. The Balaban J connectivity index is 1.29. The maximum atomic E-state index is 13.3. The Hall–Kier alpha value is -3.38. The van der Waals surface area contributed by atoms with Gasteiger partial charge in [0.15, 0.2) is 0 Å². The number of amides is 2. The summed E-state index contributed by atoms with van der Waals surface area (Å²) in [5.41, 5.74) is 0.227. The lowest BCUT2D eigenvalue weighted by Crippen LogP contribution is -2.56. The van der Waals surface area contributed by atoms with Crippen LogP contribution in [0.1, 0.15) is 45.1 Å². The lowest BCUT2D eigenvalue weighted by Gasteiger charge is -2.22. The number of carbonyl (C=O) groups is 2. The Bertz CT molecular complexity index is 1470. The molecular formula is C28H36N4O7S. The summed E-state index contributed by atoms with van der Waals surface area (Å²) in [4.78, 5) is 31.0. The first-order valence-electron chi connectivity index (χ1n) is 13.5. The molecule has 5 rings (SSSR count). The molecule has 1 aromatic carbocycles. The molecule has 1 aliphatic heterocycles. The van der Waals surface area contributed by atoms with Crippen LogP contribution < -0.4 is 29.6 Å². The van der Waals surface area contributed by atoms with E-state index >= 15 is 0 Å². The molecule has 3 N–H and O–H groups in total. The van der Waals surface area contributed by atoms with E-state index in [4.69, 9.17) is 14.2 Å². The lowest BCUT2D eigenvalue weighted by molar-refractivity contribution is -0.130. The van der Waals surface area contributed by atoms with Crippen LogP contribution in [0, 0.1) is 12.8 Å². The minimum Gasteiger partial charge on any atom is -0.496 e. The van der Waals surface area contributed by atoms with Crippen molar-refractivity contribution in [3.05, 3.63) is 36.4 Å². The van der Waals surface area contributed by atoms with E-state index in [9.17, 15) is 18.0 Å². The minimum absolute atomic E-state index is 0.291. The van der Waals surface area contributed by atoms with Crippen molar-refractivity contribution in [1.29, 1.82) is 0 Å². The summed E-state index contributed by atoms with van der Waals surface area (Å²) < 4.78 is 44.0. The lowest BCUT2D eigenvalue weighted by atomic mass is 10.1. The van der Waals surface area contributed by atoms with Crippen molar-refractivity contribution in [2.75, 3.05) is 20.3 Å². The predicted molar refractivity (Wildman–Crippen MR) is 149 cm³/mol. The van der Waals surface area contributed by atoms with Crippen LogP contribution in [0.4, 0.5) is 0 Å². The second kappa shape index (κ2) is 10.2. The molecule has 216 valence electrons. The van der Waals surface area contributed by atoms with Crippen molar-refractivity contribution in [1.82, 2.24) is 20.3 Å². The number of pyridine rings is 1. The van der Waals surface area contributed by atoms with Gasteiger partial charge in [0, 0.05) is 35.9 Å². The second-order valence-corrected chi connectivity index (χ2v) is 13.2. The molecule has 11 nitrogen and oxygen atoms in total. The fourth-order valence-corrected chi connectivity index (χ4v) is 6.50. The fraction of sp³-hybridized carbons (Fsp3) is 0.536. The molecule has 12 heteroatoms. The summed E-state index contributed by atoms with van der Waals surface area (Å²) in [6.45, 7) is 9.99. The third-order valence-electron chi connectivity index (χ3n) is 8.22. The summed E-state index contributed by atoms with van der Waals surface area (Å²) in [6, 6.07) is 4.85. The molecular weight excluding hydrogens is 536 g/mol. The van der Waals surface area contributed by atoms with Crippen molar-refractivity contribution in [2.45, 2.75) is 68.9 Å². The third-order valence-corrected chi connectivity index (χ3v) is 10.4. The monoisotopic (exact) mass is 572 g/mol. The smallest absolute Gasteiger partial charge is 0.259 e. The molecule has 4 atom stereocenters. The number of benzene rings is 1. The van der Waals surface area contributed by atoms with Crippen LogP contribution in [0.2, 0.25) is 0 Å². The number of methoxy groups -OCH3 is 1. The van der Waals surface area contributed by atoms with Crippen molar-refractivity contribution in [3.8, 4) is 17.4 Å². The van der Waals surface area contributed by atoms with Gasteiger partial charge < -0.3 is 24.8 Å². The third kappa shape index (κ3) is 4.98. The maximum Gasteiger partial charge on any atom is 0.259 e. The van der Waals surface area contributed by atoms with Gasteiger partial charge >= 0.3 is 0 Å². The van der Waals surface area contributed by atoms with Gasteiger partial charge in [0.05, 0.1) is 30.0 Å². The van der Waals surface area contributed by atoms with E-state index in [1.54, 1.807) is 26.2 Å². The van der Waals surface area contributed by atoms with Crippen LogP contribution in [-0.2, 0) is 19.6 Å². The first-order valence-corrected chi connectivity index (χ1v) is 15.0. The van der Waals surface area contributed by atoms with Crippen molar-refractivity contribution in [2.24, 2.45) is 5.92 Å². The number of nitrogens with zero attached hydrogens (tertiary/aromatic N) is 1. The number of aromatic nitrogens is 1. The quantitative estimate of drug-likeness (QED) is 0.345. The topological polar surface area (TPSA) is 145 Å². The Morgan fingerprint density at radius 1 is 1.27 bits per heavy atom. The SMILES string of the molecule is C=C[C@@H]1C[C@]1(NC(=O)[C@@H]1C[C@@H](Oc2cc(OCC)nc3c(C)c(OC)ccc23)CN1)C(=O)NS(=O)(=O)C1(C)CC1. The van der Waals surface area contributed by atoms with E-state index < -0.39 is 38.2 Å². The minimum atomic E-state index is -3.84. The van der Waals surface area contributed by atoms with Crippen molar-refractivity contribution < 1.29 is 32.2 Å². The van der Waals surface area contributed by atoms with Crippen LogP contribution in [0.15, 0.2) is 30.9 Å². The number of hydrogen-bond acceptors (Lipinski definition) is 9. The first-order chi connectivity index (χ1) is 19.0. The van der Waals surface area contributed by atoms with Gasteiger partial charge in [-0.2, -0.15) is 0 Å². The molecule has 3 fully saturated rings. The molecule has 2 saturated carbocycles. The molecule has 0 unspecified atom stereocenters. The van der Waals surface area contributed by atoms with Crippen molar-refractivity contribution >= 4 is 32.7 Å². The van der Waals surface area contributed by atoms with Crippen LogP contribution in [0.25, 0.3) is 10.9 Å². The van der Waals surface area contributed by atoms with Gasteiger partial charge in [0.2, 0.25) is 21.8 Å². The van der Waals surface area contributed by atoms with E-state index in [2.05, 4.69) is 26.9 Å². The highest BCUT2D eigenvalue weighted by Gasteiger charge is 2.62. The Morgan fingerprint density at radius 2 is 2.02 bits per heavy atom. The van der Waals surface area contributed by atoms with E-state index in [1.807, 2.05) is 26.0 Å². The van der Waals surface area contributed by atoms with E-state index in [0.717, 1.165) is 10.9 Å². The number of hydrogen-bond donors (Lipinski definition) is 3. The molecule has 1 saturated heterocycles. The fourth-order valence-electron chi connectivity index (χ4n) is 5.19. The van der Waals surface area contributed by atoms with Gasteiger partial charge in [-0.3, -0.25) is 14.3 Å². The number of aryl methyl sites for hydroxylation is 1. The number of carbonyl (C=O) groups excluding carboxylic acids is 2. The number of rotatable bonds is 11. The molecule has 0 radical (unpaired) electrons. The second-order valence-electron chi connectivity index (χ2n) is 11.0. The van der Waals surface area contributed by atoms with Crippen LogP contribution in [0.5, 0.6) is 17.4 Å². The molecule has 3 aliphatic rings. The summed E-state index contributed by atoms with van der Waals surface area (Å²) in [7, 11) is -2.23. The average molecular weight is 573 g/mol. The molecule has 2 aromatic rings. The highest BCUT2D eigenvalue weighted by Crippen LogP contribution is 2.47. The standard InChI is InChI=1S/C28H36N4O7S/c1-6-17-14-28(17,26(34)32-40(35,36)27(4)10-11-27)31-25(33)20-12-18(15-29-20)39-22-13-23(38-7-2)30-24-16(3)21(37-5)9-8-19(22)24/h6,8-9,13,17-18,20,29H,1,7,10-12,14-15H2,2-5H3,(H,31,33)(H,32,34)/t17-,18-,20+,28-/m1/s1. The molecule has 2 heterocycles.